The van der Waals surface area contributed by atoms with Gasteiger partial charge < -0.3 is 5.11 Å². The maximum atomic E-state index is 10.7. The smallest absolute Gasteiger partial charge is 0.270 e. The predicted octanol–water partition coefficient (Wildman–Crippen LogP) is 2.70. The van der Waals surface area contributed by atoms with Gasteiger partial charge in [0.25, 0.3) is 5.69 Å². The van der Waals surface area contributed by atoms with Crippen molar-refractivity contribution >= 4 is 50.3 Å². The zero-order valence-electron chi connectivity index (χ0n) is 9.72. The number of non-ortho nitro benzene ring substituents is 1. The molecule has 20 heavy (non-hydrogen) atoms. The second kappa shape index (κ2) is 5.40. The molecule has 1 N–H and O–H groups in total. The van der Waals surface area contributed by atoms with Crippen molar-refractivity contribution in [3.05, 3.63) is 33.3 Å². The Bertz CT molecular complexity index is 785. The van der Waals surface area contributed by atoms with Crippen LogP contribution in [0.1, 0.15) is 5.01 Å². The number of nitro benzene ring substituents is 1. The highest BCUT2D eigenvalue weighted by Gasteiger charge is 2.12. The predicted molar refractivity (Wildman–Crippen MR) is 76.2 cm³/mol. The van der Waals surface area contributed by atoms with Crippen LogP contribution >= 0.6 is 34.4 Å². The van der Waals surface area contributed by atoms with Gasteiger partial charge in [-0.25, -0.2) is 4.98 Å². The van der Waals surface area contributed by atoms with Gasteiger partial charge in [-0.2, -0.15) is 0 Å². The minimum atomic E-state index is -0.426. The summed E-state index contributed by atoms with van der Waals surface area (Å²) < 4.78 is 2.18. The summed E-state index contributed by atoms with van der Waals surface area (Å²) in [5, 5.41) is 27.9. The van der Waals surface area contributed by atoms with Crippen molar-refractivity contribution in [3.8, 4) is 0 Å². The molecule has 0 saturated heterocycles. The van der Waals surface area contributed by atoms with Crippen molar-refractivity contribution < 1.29 is 10.0 Å². The summed E-state index contributed by atoms with van der Waals surface area (Å²) in [5.74, 6) is 0. The van der Waals surface area contributed by atoms with Gasteiger partial charge in [-0.05, 0) is 17.8 Å². The summed E-state index contributed by atoms with van der Waals surface area (Å²) in [5.41, 5.74) is 0.770. The number of nitrogens with zero attached hydrogens (tertiary/aromatic N) is 4. The summed E-state index contributed by atoms with van der Waals surface area (Å²) in [4.78, 5) is 14.7. The van der Waals surface area contributed by atoms with Gasteiger partial charge in [0.2, 0.25) is 0 Å². The van der Waals surface area contributed by atoms with E-state index in [1.54, 1.807) is 6.07 Å². The molecule has 0 bridgehead atoms. The summed E-state index contributed by atoms with van der Waals surface area (Å²) in [6.07, 6.45) is 0. The fourth-order valence-electron chi connectivity index (χ4n) is 1.47. The van der Waals surface area contributed by atoms with Crippen molar-refractivity contribution in [2.24, 2.45) is 0 Å². The molecule has 0 amide bonds. The molecular formula is C10H6N4O3S3. The van der Waals surface area contributed by atoms with E-state index < -0.39 is 4.92 Å². The van der Waals surface area contributed by atoms with Gasteiger partial charge in [0, 0.05) is 12.1 Å². The molecule has 0 unspecified atom stereocenters. The van der Waals surface area contributed by atoms with Crippen LogP contribution in [0.3, 0.4) is 0 Å². The highest BCUT2D eigenvalue weighted by Crippen LogP contribution is 2.36. The number of hydrogen-bond donors (Lipinski definition) is 1. The number of fused-ring (bicyclic) bond motifs is 1. The molecule has 10 heteroatoms. The lowest BCUT2D eigenvalue weighted by Crippen LogP contribution is -1.85. The lowest BCUT2D eigenvalue weighted by atomic mass is 10.3. The minimum absolute atomic E-state index is 0.0520. The quantitative estimate of drug-likeness (QED) is 0.581. The number of aromatic nitrogens is 3. The van der Waals surface area contributed by atoms with E-state index in [4.69, 9.17) is 5.11 Å². The van der Waals surface area contributed by atoms with Crippen LogP contribution in [0.25, 0.3) is 10.2 Å². The van der Waals surface area contributed by atoms with Crippen LogP contribution in [0.15, 0.2) is 26.9 Å². The molecule has 0 aliphatic carbocycles. The standard InChI is InChI=1S/C10H6N4O3S3/c15-4-8-12-13-10(19-8)20-9-11-6-2-1-5(14(16)17)3-7(6)18-9/h1-3,15H,4H2. The first-order valence-corrected chi connectivity index (χ1v) is 7.77. The van der Waals surface area contributed by atoms with E-state index in [-0.39, 0.29) is 12.3 Å². The second-order valence-corrected chi connectivity index (χ2v) is 7.20. The normalized spacial score (nSPS) is 11.1. The van der Waals surface area contributed by atoms with Crippen LogP contribution < -0.4 is 0 Å². The molecular weight excluding hydrogens is 320 g/mol. The first-order chi connectivity index (χ1) is 9.65. The Hall–Kier alpha value is -1.62. The number of hydrogen-bond acceptors (Lipinski definition) is 9. The summed E-state index contributed by atoms with van der Waals surface area (Å²) in [6, 6.07) is 4.58. The van der Waals surface area contributed by atoms with Crippen LogP contribution in [-0.4, -0.2) is 25.2 Å². The fourth-order valence-corrected chi connectivity index (χ4v) is 4.53. The topological polar surface area (TPSA) is 102 Å². The van der Waals surface area contributed by atoms with Gasteiger partial charge in [-0.15, -0.1) is 21.5 Å². The zero-order chi connectivity index (χ0) is 14.1. The molecule has 0 saturated carbocycles. The third-order valence-corrected chi connectivity index (χ3v) is 5.36. The Balaban J connectivity index is 1.90. The maximum absolute atomic E-state index is 10.7. The highest BCUT2D eigenvalue weighted by atomic mass is 32.2. The maximum Gasteiger partial charge on any atom is 0.270 e. The van der Waals surface area contributed by atoms with Gasteiger partial charge in [0.15, 0.2) is 8.68 Å². The summed E-state index contributed by atoms with van der Waals surface area (Å²) >= 11 is 3.99. The van der Waals surface area contributed by atoms with E-state index in [1.165, 1.54) is 46.6 Å². The van der Waals surface area contributed by atoms with E-state index in [0.717, 1.165) is 14.6 Å². The SMILES string of the molecule is O=[N+]([O-])c1ccc2nc(Sc3nnc(CO)s3)sc2c1. The molecule has 0 atom stereocenters. The van der Waals surface area contributed by atoms with Gasteiger partial charge in [0.05, 0.1) is 21.7 Å². The lowest BCUT2D eigenvalue weighted by Gasteiger charge is -1.88. The molecule has 2 aromatic heterocycles. The lowest BCUT2D eigenvalue weighted by molar-refractivity contribution is -0.384. The van der Waals surface area contributed by atoms with Gasteiger partial charge in [0.1, 0.15) is 5.01 Å². The largest absolute Gasteiger partial charge is 0.389 e. The summed E-state index contributed by atoms with van der Waals surface area (Å²) in [7, 11) is 0. The van der Waals surface area contributed by atoms with Crippen LogP contribution in [0, 0.1) is 10.1 Å². The molecule has 3 aromatic rings. The van der Waals surface area contributed by atoms with E-state index in [9.17, 15) is 10.1 Å². The van der Waals surface area contributed by atoms with Crippen LogP contribution in [0.2, 0.25) is 0 Å². The number of benzene rings is 1. The van der Waals surface area contributed by atoms with Crippen LogP contribution in [0.5, 0.6) is 0 Å². The first-order valence-electron chi connectivity index (χ1n) is 5.32. The molecule has 2 heterocycles. The number of rotatable bonds is 4. The van der Waals surface area contributed by atoms with Crippen molar-refractivity contribution in [1.29, 1.82) is 0 Å². The Kier molecular flexibility index (Phi) is 3.61. The number of aliphatic hydroxyl groups is 1. The van der Waals surface area contributed by atoms with Crippen molar-refractivity contribution in [1.82, 2.24) is 15.2 Å². The van der Waals surface area contributed by atoms with Gasteiger partial charge >= 0.3 is 0 Å². The molecule has 0 aliphatic rings. The number of thiazole rings is 1. The zero-order valence-corrected chi connectivity index (χ0v) is 12.2. The Morgan fingerprint density at radius 1 is 1.30 bits per heavy atom. The molecule has 1 aromatic carbocycles. The summed E-state index contributed by atoms with van der Waals surface area (Å²) in [6.45, 7) is -0.135. The first kappa shape index (κ1) is 13.4. The molecule has 0 aliphatic heterocycles. The minimum Gasteiger partial charge on any atom is -0.389 e. The Morgan fingerprint density at radius 2 is 2.15 bits per heavy atom. The molecule has 3 rings (SSSR count). The molecule has 0 fully saturated rings. The van der Waals surface area contributed by atoms with E-state index in [1.807, 2.05) is 0 Å². The number of nitro groups is 1. The van der Waals surface area contributed by atoms with E-state index in [0.29, 0.717) is 9.35 Å². The average Bonchev–Trinajstić information content (AvgIpc) is 3.03. The Morgan fingerprint density at radius 3 is 2.85 bits per heavy atom. The highest BCUT2D eigenvalue weighted by molar-refractivity contribution is 8.02. The van der Waals surface area contributed by atoms with Crippen LogP contribution in [0.4, 0.5) is 5.69 Å². The van der Waals surface area contributed by atoms with E-state index in [2.05, 4.69) is 15.2 Å². The molecule has 102 valence electrons. The van der Waals surface area contributed by atoms with Gasteiger partial charge in [-0.1, -0.05) is 11.3 Å². The number of aliphatic hydroxyl groups excluding tert-OH is 1. The fraction of sp³-hybridized carbons (Fsp3) is 0.100. The third-order valence-electron chi connectivity index (χ3n) is 2.32. The molecule has 0 radical (unpaired) electrons. The second-order valence-electron chi connectivity index (χ2n) is 3.61. The third kappa shape index (κ3) is 2.63. The van der Waals surface area contributed by atoms with E-state index >= 15 is 0 Å². The molecule has 0 spiro atoms. The van der Waals surface area contributed by atoms with Crippen molar-refractivity contribution in [3.63, 3.8) is 0 Å². The average molecular weight is 326 g/mol. The van der Waals surface area contributed by atoms with Gasteiger partial charge in [-0.3, -0.25) is 10.1 Å². The monoisotopic (exact) mass is 326 g/mol. The van der Waals surface area contributed by atoms with Crippen LogP contribution in [-0.2, 0) is 6.61 Å². The van der Waals surface area contributed by atoms with Crippen molar-refractivity contribution in [2.75, 3.05) is 0 Å². The molecule has 7 nitrogen and oxygen atoms in total. The Labute approximate surface area is 124 Å². The van der Waals surface area contributed by atoms with Crippen molar-refractivity contribution in [2.45, 2.75) is 15.3 Å².